The largest absolute Gasteiger partial charge is 0.481 e. The number of allylic oxidation sites excluding steroid dienone is 2. The minimum absolute atomic E-state index is 0.0382. The molecule has 0 saturated heterocycles. The van der Waals surface area contributed by atoms with Crippen molar-refractivity contribution in [1.82, 2.24) is 0 Å². The van der Waals surface area contributed by atoms with Crippen molar-refractivity contribution in [2.45, 2.75) is 88.5 Å². The van der Waals surface area contributed by atoms with Crippen LogP contribution >= 0.6 is 0 Å². The van der Waals surface area contributed by atoms with E-state index < -0.39 is 11.4 Å². The number of rotatable bonds is 9. The van der Waals surface area contributed by atoms with Crippen LogP contribution in [0.4, 0.5) is 0 Å². The van der Waals surface area contributed by atoms with Gasteiger partial charge in [0.2, 0.25) is 0 Å². The molecule has 0 spiro atoms. The highest BCUT2D eigenvalue weighted by Gasteiger charge is 2.46. The molecule has 1 unspecified atom stereocenters. The molecule has 0 saturated carbocycles. The van der Waals surface area contributed by atoms with E-state index in [2.05, 4.69) is 67.5 Å². The molecule has 1 N–H and O–H groups in total. The zero-order valence-electron chi connectivity index (χ0n) is 17.2. The highest BCUT2D eigenvalue weighted by molar-refractivity contribution is 5.73. The summed E-state index contributed by atoms with van der Waals surface area (Å²) in [6.45, 7) is 21.7. The lowest BCUT2D eigenvalue weighted by Crippen LogP contribution is -2.43. The Kier molecular flexibility index (Phi) is 7.15. The van der Waals surface area contributed by atoms with Crippen molar-refractivity contribution in [3.8, 4) is 0 Å². The third kappa shape index (κ3) is 5.65. The van der Waals surface area contributed by atoms with Crippen LogP contribution in [0, 0.1) is 27.6 Å². The second-order valence-electron chi connectivity index (χ2n) is 9.81. The molecule has 0 amide bonds. The Morgan fingerprint density at radius 3 is 1.87 bits per heavy atom. The smallest absolute Gasteiger partial charge is 0.309 e. The summed E-state index contributed by atoms with van der Waals surface area (Å²) in [5.41, 5.74) is -0.533. The Balaban J connectivity index is 5.50. The Bertz CT molecular complexity index is 427. The van der Waals surface area contributed by atoms with Gasteiger partial charge in [-0.15, -0.1) is 0 Å². The van der Waals surface area contributed by atoms with Gasteiger partial charge in [0.1, 0.15) is 0 Å². The molecule has 1 atom stereocenters. The number of carboxylic acid groups (broad SMARTS) is 1. The van der Waals surface area contributed by atoms with Crippen molar-refractivity contribution in [3.63, 3.8) is 0 Å². The summed E-state index contributed by atoms with van der Waals surface area (Å²) in [7, 11) is 0. The van der Waals surface area contributed by atoms with Crippen molar-refractivity contribution < 1.29 is 9.90 Å². The molecule has 0 aliphatic rings. The Morgan fingerprint density at radius 1 is 1.04 bits per heavy atom. The molecule has 0 rings (SSSR count). The maximum Gasteiger partial charge on any atom is 0.309 e. The lowest BCUT2D eigenvalue weighted by Gasteiger charge is -2.48. The van der Waals surface area contributed by atoms with Crippen LogP contribution in [0.15, 0.2) is 12.2 Å². The average molecular weight is 325 g/mol. The van der Waals surface area contributed by atoms with Gasteiger partial charge < -0.3 is 5.11 Å². The van der Waals surface area contributed by atoms with Gasteiger partial charge in [0.25, 0.3) is 0 Å². The molecule has 0 aromatic heterocycles. The lowest BCUT2D eigenvalue weighted by atomic mass is 9.56. The van der Waals surface area contributed by atoms with E-state index in [1.807, 2.05) is 13.8 Å². The monoisotopic (exact) mass is 324 g/mol. The fraction of sp³-hybridized carbons (Fsp3) is 0.857. The molecule has 2 heteroatoms. The van der Waals surface area contributed by atoms with Crippen LogP contribution in [0.3, 0.4) is 0 Å². The minimum atomic E-state index is -0.715. The predicted molar refractivity (Wildman–Crippen MR) is 101 cm³/mol. The fourth-order valence-electron chi connectivity index (χ4n) is 3.34. The van der Waals surface area contributed by atoms with Crippen LogP contribution in [-0.4, -0.2) is 11.1 Å². The summed E-state index contributed by atoms with van der Waals surface area (Å²) in [4.78, 5) is 11.6. The van der Waals surface area contributed by atoms with Crippen molar-refractivity contribution in [2.75, 3.05) is 0 Å². The number of carbonyl (C=O) groups is 1. The molecule has 2 nitrogen and oxygen atoms in total. The highest BCUT2D eigenvalue weighted by atomic mass is 16.4. The summed E-state index contributed by atoms with van der Waals surface area (Å²) in [5, 5.41) is 9.51. The van der Waals surface area contributed by atoms with Crippen LogP contribution in [0.2, 0.25) is 0 Å². The average Bonchev–Trinajstić information content (AvgIpc) is 2.36. The summed E-state index contributed by atoms with van der Waals surface area (Å²) in [5.74, 6) is -0.268. The van der Waals surface area contributed by atoms with Gasteiger partial charge in [-0.1, -0.05) is 74.0 Å². The molecule has 0 aromatic rings. The van der Waals surface area contributed by atoms with E-state index in [9.17, 15) is 9.90 Å². The highest BCUT2D eigenvalue weighted by Crippen LogP contribution is 2.52. The van der Waals surface area contributed by atoms with E-state index in [0.29, 0.717) is 17.8 Å². The van der Waals surface area contributed by atoms with Crippen molar-refractivity contribution in [3.05, 3.63) is 12.2 Å². The van der Waals surface area contributed by atoms with Crippen LogP contribution in [-0.2, 0) is 4.79 Å². The number of aliphatic carboxylic acids is 1. The summed E-state index contributed by atoms with van der Waals surface area (Å²) in [6, 6.07) is 0. The van der Waals surface area contributed by atoms with Gasteiger partial charge >= 0.3 is 5.97 Å². The third-order valence-electron chi connectivity index (χ3n) is 6.21. The second kappa shape index (κ2) is 7.40. The first-order valence-corrected chi connectivity index (χ1v) is 9.02. The second-order valence-corrected chi connectivity index (χ2v) is 9.81. The maximum absolute atomic E-state index is 11.6. The molecule has 0 fully saturated rings. The van der Waals surface area contributed by atoms with E-state index >= 15 is 0 Å². The Hall–Kier alpha value is -0.790. The van der Waals surface area contributed by atoms with Gasteiger partial charge in [-0.05, 0) is 48.9 Å². The zero-order chi connectivity index (χ0) is 18.7. The SMILES string of the molecule is CCC(C)(C)CC=CC(C)(C(C)C)C(C)(C)CC(C)(C)C(=O)O. The van der Waals surface area contributed by atoms with Crippen LogP contribution in [0.25, 0.3) is 0 Å². The van der Waals surface area contributed by atoms with Crippen molar-refractivity contribution in [2.24, 2.45) is 27.6 Å². The molecule has 0 aromatic carbocycles. The number of hydrogen-bond donors (Lipinski definition) is 1. The summed E-state index contributed by atoms with van der Waals surface area (Å²) < 4.78 is 0. The molecule has 0 radical (unpaired) electrons. The number of carboxylic acids is 1. The van der Waals surface area contributed by atoms with Gasteiger partial charge in [-0.25, -0.2) is 0 Å². The Morgan fingerprint density at radius 2 is 1.52 bits per heavy atom. The van der Waals surface area contributed by atoms with Gasteiger partial charge in [-0.2, -0.15) is 0 Å². The van der Waals surface area contributed by atoms with Gasteiger partial charge in [0.15, 0.2) is 0 Å². The first-order valence-electron chi connectivity index (χ1n) is 9.02. The topological polar surface area (TPSA) is 37.3 Å². The molecule has 0 aliphatic carbocycles. The number of hydrogen-bond acceptors (Lipinski definition) is 1. The maximum atomic E-state index is 11.6. The molecular weight excluding hydrogens is 284 g/mol. The van der Waals surface area contributed by atoms with Crippen LogP contribution < -0.4 is 0 Å². The normalized spacial score (nSPS) is 16.8. The first kappa shape index (κ1) is 22.2. The predicted octanol–water partition coefficient (Wildman–Crippen LogP) is 6.56. The van der Waals surface area contributed by atoms with Crippen molar-refractivity contribution >= 4 is 5.97 Å². The lowest BCUT2D eigenvalue weighted by molar-refractivity contribution is -0.150. The van der Waals surface area contributed by atoms with E-state index in [1.54, 1.807) is 0 Å². The minimum Gasteiger partial charge on any atom is -0.481 e. The van der Waals surface area contributed by atoms with E-state index in [4.69, 9.17) is 0 Å². The third-order valence-corrected chi connectivity index (χ3v) is 6.21. The molecule has 136 valence electrons. The van der Waals surface area contributed by atoms with Gasteiger partial charge in [0.05, 0.1) is 5.41 Å². The Labute approximate surface area is 144 Å². The van der Waals surface area contributed by atoms with Crippen LogP contribution in [0.1, 0.15) is 88.5 Å². The quantitative estimate of drug-likeness (QED) is 0.488. The van der Waals surface area contributed by atoms with E-state index in [0.717, 1.165) is 12.8 Å². The molecule has 0 heterocycles. The molecule has 23 heavy (non-hydrogen) atoms. The zero-order valence-corrected chi connectivity index (χ0v) is 17.2. The summed E-state index contributed by atoms with van der Waals surface area (Å²) >= 11 is 0. The van der Waals surface area contributed by atoms with E-state index in [-0.39, 0.29) is 10.8 Å². The van der Waals surface area contributed by atoms with E-state index in [1.165, 1.54) is 0 Å². The van der Waals surface area contributed by atoms with Crippen molar-refractivity contribution in [1.29, 1.82) is 0 Å². The summed E-state index contributed by atoms with van der Waals surface area (Å²) in [6.07, 6.45) is 7.55. The standard InChI is InChI=1S/C21H40O2/c1-11-18(4,5)13-12-14-21(10,16(2)3)20(8,9)15-19(6,7)17(22)23/h12,14,16H,11,13,15H2,1-10H3,(H,22,23). The molecule has 0 bridgehead atoms. The van der Waals surface area contributed by atoms with Gasteiger partial charge in [0, 0.05) is 0 Å². The van der Waals surface area contributed by atoms with Crippen LogP contribution in [0.5, 0.6) is 0 Å². The molecule has 0 aliphatic heterocycles. The first-order chi connectivity index (χ1) is 10.1. The molecular formula is C21H40O2. The van der Waals surface area contributed by atoms with Gasteiger partial charge in [-0.3, -0.25) is 4.79 Å². The fourth-order valence-corrected chi connectivity index (χ4v) is 3.34.